The van der Waals surface area contributed by atoms with Gasteiger partial charge >= 0.3 is 0 Å². The number of amides is 20. The van der Waals surface area contributed by atoms with Crippen LogP contribution in [0, 0.1) is 59.2 Å². The van der Waals surface area contributed by atoms with E-state index in [2.05, 4.69) is 95.7 Å². The van der Waals surface area contributed by atoms with Crippen LogP contribution in [0.5, 0.6) is 0 Å². The average molecular weight is 1920 g/mol. The zero-order chi connectivity index (χ0) is 103. The van der Waals surface area contributed by atoms with Crippen LogP contribution in [0.3, 0.4) is 0 Å². The molecule has 1 aliphatic heterocycles. The van der Waals surface area contributed by atoms with Crippen LogP contribution in [0.2, 0.25) is 0 Å². The lowest BCUT2D eigenvalue weighted by atomic mass is 9.95. The molecule has 44 nitrogen and oxygen atoms in total. The lowest BCUT2D eigenvalue weighted by Crippen LogP contribution is -2.59. The molecule has 0 aromatic heterocycles. The van der Waals surface area contributed by atoms with E-state index in [9.17, 15) is 101 Å². The molecule has 1 saturated heterocycles. The second-order valence-electron chi connectivity index (χ2n) is 38.2. The van der Waals surface area contributed by atoms with E-state index in [1.807, 2.05) is 27.7 Å². The van der Waals surface area contributed by atoms with Gasteiger partial charge in [0.25, 0.3) is 0 Å². The molecule has 0 unspecified atom stereocenters. The number of rotatable bonds is 65. The number of carbonyl (C=O) groups excluding carboxylic acids is 20. The highest BCUT2D eigenvalue weighted by atomic mass is 16.3. The zero-order valence-corrected chi connectivity index (χ0v) is 83.5. The summed E-state index contributed by atoms with van der Waals surface area (Å²) in [6.07, 6.45) is 4.72. The van der Waals surface area contributed by atoms with Crippen molar-refractivity contribution < 1.29 is 101 Å². The molecule has 0 aromatic carbocycles. The highest BCUT2D eigenvalue weighted by Crippen LogP contribution is 2.21. The molecule has 135 heavy (non-hydrogen) atoms. The Bertz CT molecular complexity index is 3890. The second-order valence-corrected chi connectivity index (χ2v) is 38.2. The summed E-state index contributed by atoms with van der Waals surface area (Å²) in [5.41, 5.74) is 23.3. The topological polar surface area (TPSA) is 685 Å². The van der Waals surface area contributed by atoms with Crippen LogP contribution in [0.4, 0.5) is 0 Å². The Morgan fingerprint density at radius 1 is 0.326 bits per heavy atom. The number of unbranched alkanes of at least 4 members (excludes halogenated alkanes) is 2. The van der Waals surface area contributed by atoms with Crippen LogP contribution >= 0.6 is 0 Å². The van der Waals surface area contributed by atoms with Crippen LogP contribution in [-0.4, -0.2) is 278 Å². The normalized spacial score (nSPS) is 16.4. The molecule has 0 aromatic rings. The molecule has 1 aliphatic rings. The Balaban J connectivity index is 3.08. The van der Waals surface area contributed by atoms with Gasteiger partial charge in [0.2, 0.25) is 118 Å². The first-order valence-electron chi connectivity index (χ1n) is 47.9. The lowest BCUT2D eigenvalue weighted by Gasteiger charge is -2.30. The Labute approximate surface area is 796 Å². The summed E-state index contributed by atoms with van der Waals surface area (Å²) in [7, 11) is 0. The molecule has 0 bridgehead atoms. The van der Waals surface area contributed by atoms with E-state index in [0.717, 1.165) is 0 Å². The fourth-order valence-corrected chi connectivity index (χ4v) is 14.6. The number of hydrogen-bond donors (Lipinski definition) is 23. The van der Waals surface area contributed by atoms with Crippen LogP contribution in [0.1, 0.15) is 248 Å². The quantitative estimate of drug-likeness (QED) is 0.0264. The Morgan fingerprint density at radius 3 is 1.07 bits per heavy atom. The van der Waals surface area contributed by atoms with Gasteiger partial charge in [-0.15, -0.1) is 0 Å². The van der Waals surface area contributed by atoms with Crippen molar-refractivity contribution >= 4 is 118 Å². The maximum absolute atomic E-state index is 14.3. The van der Waals surface area contributed by atoms with Gasteiger partial charge < -0.3 is 129 Å². The number of aliphatic hydroxyl groups is 1. The van der Waals surface area contributed by atoms with E-state index < -0.39 is 260 Å². The molecular formula is C91H165N23O21. The number of hydrogen-bond acceptors (Lipinski definition) is 24. The Hall–Kier alpha value is -10.8. The first-order valence-corrected chi connectivity index (χ1v) is 47.9. The van der Waals surface area contributed by atoms with Gasteiger partial charge in [-0.1, -0.05) is 158 Å². The maximum atomic E-state index is 14.3. The van der Waals surface area contributed by atoms with Crippen LogP contribution in [0.15, 0.2) is 0 Å². The summed E-state index contributed by atoms with van der Waals surface area (Å²) in [4.78, 5) is 274. The average Bonchev–Trinajstić information content (AvgIpc) is 1.74. The number of likely N-dealkylation sites (tertiary alicyclic amines) is 1. The SMILES string of the molecule is CC[C@H](C)[C@H](N)C(=O)N[C@H](C(=O)NCC(=O)N1CCC[C@H]1C(=O)N[C@H](C(=O)N[C@@H](CC(C)C)C(=O)NCC(=O)N[C@@H](CC(C)C)C(=O)N[C@H](C(=O)NCC(=O)N[C@@H](CO)C(=O)N[C@@H](C)C(=O)N[C@@H](CC(C)C)C(=O)NCC(=O)NCC(=O)N[C@@H](CC(C)C)C(=O)N[C@@H](CC(C)C)C(=O)N[C@@H](CCCCN)C(=O)N[C@@H](CCCCN)C(=O)N[C@H](C(N)=O)[C@@H](C)CC)C(C)C)C(C)C)[C@@H](C)CC. The molecule has 18 atom stereocenters. The van der Waals surface area contributed by atoms with Crippen LogP contribution < -0.4 is 119 Å². The van der Waals surface area contributed by atoms with Crippen LogP contribution in [-0.2, 0) is 95.9 Å². The molecule has 0 saturated carbocycles. The fraction of sp³-hybridized carbons (Fsp3) is 0.780. The minimum atomic E-state index is -1.70. The van der Waals surface area contributed by atoms with E-state index in [-0.39, 0.29) is 112 Å². The molecule has 1 fully saturated rings. The van der Waals surface area contributed by atoms with Crippen molar-refractivity contribution in [3.8, 4) is 0 Å². The number of carbonyl (C=O) groups is 20. The summed E-state index contributed by atoms with van der Waals surface area (Å²) < 4.78 is 0. The summed E-state index contributed by atoms with van der Waals surface area (Å²) in [5.74, 6) is -18.4. The third kappa shape index (κ3) is 46.1. The second kappa shape index (κ2) is 63.5. The molecule has 0 aliphatic carbocycles. The molecule has 27 N–H and O–H groups in total. The van der Waals surface area contributed by atoms with Crippen molar-refractivity contribution in [2.45, 2.75) is 339 Å². The number of nitrogens with zero attached hydrogens (tertiary/aromatic N) is 1. The predicted molar refractivity (Wildman–Crippen MR) is 506 cm³/mol. The number of primary amides is 1. The molecule has 0 radical (unpaired) electrons. The summed E-state index contributed by atoms with van der Waals surface area (Å²) >= 11 is 0. The van der Waals surface area contributed by atoms with Crippen molar-refractivity contribution in [3.05, 3.63) is 0 Å². The van der Waals surface area contributed by atoms with Gasteiger partial charge in [-0.3, -0.25) is 95.9 Å². The van der Waals surface area contributed by atoms with Gasteiger partial charge in [0, 0.05) is 6.54 Å². The van der Waals surface area contributed by atoms with Crippen molar-refractivity contribution in [1.82, 2.24) is 101 Å². The van der Waals surface area contributed by atoms with E-state index in [4.69, 9.17) is 22.9 Å². The first kappa shape index (κ1) is 122. The first-order chi connectivity index (χ1) is 63.2. The Morgan fingerprint density at radius 2 is 0.652 bits per heavy atom. The lowest BCUT2D eigenvalue weighted by molar-refractivity contribution is -0.140. The standard InChI is InChI=1S/C91H165N23O21/c1-22-54(18)72(94)88(132)113-76(56(20)24-3)90(134)100-45-71(120)114-35-29-32-66(114)87(131)111-74(53(16)17)91(135)109-61(37-48(6)7)80(124)98-43-69(118)103-63(39-50(10)11)85(129)110-73(52(14)15)89(133)99-44-70(119)104-65(46-115)86(130)101-57(21)78(122)107-60(36-47(4)5)79(123)97-41-67(116)96-42-68(117)102-62(38-49(8)9)83(127)108-64(40-51(12)13)84(128)106-58(30-25-27-33-92)81(125)105-59(31-26-28-34-93)82(126)112-75(77(95)121)55(19)23-2/h47-66,72-76,115H,22-46,92-94H2,1-21H3,(H2,95,121)(H,96,116)(H,97,123)(H,98,124)(H,99,133)(H,100,134)(H,101,130)(H,102,117)(H,103,118)(H,104,119)(H,105,125)(H,106,128)(H,107,122)(H,108,127)(H,109,135)(H,110,129)(H,111,131)(H,112,126)(H,113,132)/t54-,55-,56-,57-,58-,59-,60-,61-,62-,63-,64-,65-,66-,72-,73-,74-,75-,76-/m0/s1. The minimum Gasteiger partial charge on any atom is -0.394 e. The van der Waals surface area contributed by atoms with Gasteiger partial charge in [-0.2, -0.15) is 0 Å². The molecule has 1 heterocycles. The minimum absolute atomic E-state index is 0.0176. The number of nitrogens with one attached hydrogen (secondary N) is 18. The van der Waals surface area contributed by atoms with E-state index in [1.54, 1.807) is 111 Å². The zero-order valence-electron chi connectivity index (χ0n) is 83.5. The van der Waals surface area contributed by atoms with Gasteiger partial charge in [0.15, 0.2) is 0 Å². The van der Waals surface area contributed by atoms with Crippen molar-refractivity contribution in [3.63, 3.8) is 0 Å². The highest BCUT2D eigenvalue weighted by Gasteiger charge is 2.41. The molecular weight excluding hydrogens is 1750 g/mol. The van der Waals surface area contributed by atoms with E-state index in [0.29, 0.717) is 57.9 Å². The molecule has 1 rings (SSSR count). The monoisotopic (exact) mass is 1920 g/mol. The third-order valence-corrected chi connectivity index (χ3v) is 23.2. The Kier molecular flexibility index (Phi) is 57.5. The number of aliphatic hydroxyl groups excluding tert-OH is 1. The van der Waals surface area contributed by atoms with E-state index >= 15 is 0 Å². The van der Waals surface area contributed by atoms with Gasteiger partial charge in [-0.05, 0) is 163 Å². The van der Waals surface area contributed by atoms with Gasteiger partial charge in [0.1, 0.15) is 84.6 Å². The summed E-state index contributed by atoms with van der Waals surface area (Å²) in [6.45, 7) is 32.9. The predicted octanol–water partition coefficient (Wildman–Crippen LogP) is -3.38. The largest absolute Gasteiger partial charge is 0.394 e. The summed E-state index contributed by atoms with van der Waals surface area (Å²) in [6, 6.07) is -18.2. The van der Waals surface area contributed by atoms with Crippen molar-refractivity contribution in [2.24, 2.45) is 82.1 Å². The van der Waals surface area contributed by atoms with Gasteiger partial charge in [0.05, 0.1) is 45.4 Å². The van der Waals surface area contributed by atoms with Crippen molar-refractivity contribution in [1.29, 1.82) is 0 Å². The maximum Gasteiger partial charge on any atom is 0.245 e. The van der Waals surface area contributed by atoms with Crippen LogP contribution in [0.25, 0.3) is 0 Å². The molecule has 0 spiro atoms. The molecule has 20 amide bonds. The highest BCUT2D eigenvalue weighted by molar-refractivity contribution is 6.01. The third-order valence-electron chi connectivity index (χ3n) is 23.2. The van der Waals surface area contributed by atoms with E-state index in [1.165, 1.54) is 11.8 Å². The van der Waals surface area contributed by atoms with Gasteiger partial charge in [-0.25, -0.2) is 0 Å². The number of nitrogens with two attached hydrogens (primary N) is 4. The fourth-order valence-electron chi connectivity index (χ4n) is 14.6. The van der Waals surface area contributed by atoms with Crippen molar-refractivity contribution in [2.75, 3.05) is 59.0 Å². The summed E-state index contributed by atoms with van der Waals surface area (Å²) in [5, 5.41) is 56.6. The molecule has 770 valence electrons. The molecule has 44 heteroatoms. The smallest absolute Gasteiger partial charge is 0.245 e.